The van der Waals surface area contributed by atoms with Crippen LogP contribution in [0.5, 0.6) is 0 Å². The van der Waals surface area contributed by atoms with Gasteiger partial charge in [0.1, 0.15) is 0 Å². The molecule has 2 atom stereocenters. The van der Waals surface area contributed by atoms with Gasteiger partial charge in [0, 0.05) is 6.92 Å². The number of ether oxygens (including phenoxy) is 1. The van der Waals surface area contributed by atoms with Crippen LogP contribution in [-0.2, 0) is 9.53 Å². The number of esters is 1. The van der Waals surface area contributed by atoms with Crippen LogP contribution >= 0.6 is 0 Å². The molecule has 1 aliphatic carbocycles. The lowest BCUT2D eigenvalue weighted by Crippen LogP contribution is -2.37. The molecule has 1 heterocycles. The SMILES string of the molecule is CC1=NC2CCCCC2C(=O)O1. The van der Waals surface area contributed by atoms with E-state index in [0.717, 1.165) is 19.3 Å². The molecule has 1 fully saturated rings. The topological polar surface area (TPSA) is 38.7 Å². The van der Waals surface area contributed by atoms with Gasteiger partial charge in [-0.2, -0.15) is 0 Å². The number of rotatable bonds is 0. The quantitative estimate of drug-likeness (QED) is 0.513. The predicted octanol–water partition coefficient (Wildman–Crippen LogP) is 1.52. The predicted molar refractivity (Wildman–Crippen MR) is 44.9 cm³/mol. The summed E-state index contributed by atoms with van der Waals surface area (Å²) in [5.41, 5.74) is 0. The summed E-state index contributed by atoms with van der Waals surface area (Å²) in [6.45, 7) is 1.75. The first-order valence-electron chi connectivity index (χ1n) is 4.53. The number of hydrogen-bond acceptors (Lipinski definition) is 3. The van der Waals surface area contributed by atoms with Gasteiger partial charge < -0.3 is 4.74 Å². The summed E-state index contributed by atoms with van der Waals surface area (Å²) in [5, 5.41) is 0. The van der Waals surface area contributed by atoms with Crippen LogP contribution in [0.4, 0.5) is 0 Å². The third kappa shape index (κ3) is 1.24. The van der Waals surface area contributed by atoms with Gasteiger partial charge in [-0.25, -0.2) is 0 Å². The minimum atomic E-state index is -0.0628. The van der Waals surface area contributed by atoms with Gasteiger partial charge >= 0.3 is 5.97 Å². The largest absolute Gasteiger partial charge is 0.412 e. The van der Waals surface area contributed by atoms with Crippen molar-refractivity contribution in [1.29, 1.82) is 0 Å². The molecule has 3 nitrogen and oxygen atoms in total. The number of carbonyl (C=O) groups excluding carboxylic acids is 1. The first-order chi connectivity index (χ1) is 5.77. The first-order valence-corrected chi connectivity index (χ1v) is 4.53. The number of hydrogen-bond donors (Lipinski definition) is 0. The van der Waals surface area contributed by atoms with Crippen molar-refractivity contribution in [1.82, 2.24) is 0 Å². The van der Waals surface area contributed by atoms with Crippen LogP contribution in [0.15, 0.2) is 4.99 Å². The van der Waals surface area contributed by atoms with Crippen molar-refractivity contribution >= 4 is 11.9 Å². The fourth-order valence-electron chi connectivity index (χ4n) is 2.02. The fourth-order valence-corrected chi connectivity index (χ4v) is 2.02. The van der Waals surface area contributed by atoms with Gasteiger partial charge in [-0.05, 0) is 12.8 Å². The monoisotopic (exact) mass is 167 g/mol. The first kappa shape index (κ1) is 7.77. The Hall–Kier alpha value is -0.860. The summed E-state index contributed by atoms with van der Waals surface area (Å²) in [6.07, 6.45) is 4.35. The molecule has 0 N–H and O–H groups in total. The fraction of sp³-hybridized carbons (Fsp3) is 0.778. The van der Waals surface area contributed by atoms with E-state index < -0.39 is 0 Å². The van der Waals surface area contributed by atoms with E-state index >= 15 is 0 Å². The van der Waals surface area contributed by atoms with E-state index in [4.69, 9.17) is 4.74 Å². The van der Waals surface area contributed by atoms with Crippen LogP contribution in [0.1, 0.15) is 32.6 Å². The lowest BCUT2D eigenvalue weighted by atomic mass is 9.84. The number of carbonyl (C=O) groups is 1. The lowest BCUT2D eigenvalue weighted by Gasteiger charge is -2.30. The average molecular weight is 167 g/mol. The summed E-state index contributed by atoms with van der Waals surface area (Å²) in [4.78, 5) is 15.7. The Balaban J connectivity index is 2.19. The highest BCUT2D eigenvalue weighted by Crippen LogP contribution is 2.30. The molecule has 2 unspecified atom stereocenters. The van der Waals surface area contributed by atoms with Gasteiger partial charge in [-0.3, -0.25) is 9.79 Å². The van der Waals surface area contributed by atoms with Crippen LogP contribution in [0, 0.1) is 5.92 Å². The highest BCUT2D eigenvalue weighted by molar-refractivity contribution is 5.91. The van der Waals surface area contributed by atoms with E-state index in [1.165, 1.54) is 6.42 Å². The van der Waals surface area contributed by atoms with Crippen LogP contribution in [0.2, 0.25) is 0 Å². The third-order valence-corrected chi connectivity index (χ3v) is 2.63. The molecule has 12 heavy (non-hydrogen) atoms. The average Bonchev–Trinajstić information content (AvgIpc) is 2.04. The van der Waals surface area contributed by atoms with E-state index in [2.05, 4.69) is 4.99 Å². The molecule has 2 rings (SSSR count). The normalized spacial score (nSPS) is 35.1. The van der Waals surface area contributed by atoms with E-state index in [-0.39, 0.29) is 17.9 Å². The molecule has 0 radical (unpaired) electrons. The molecule has 3 heteroatoms. The molecule has 66 valence electrons. The van der Waals surface area contributed by atoms with Crippen molar-refractivity contribution in [2.45, 2.75) is 38.6 Å². The highest BCUT2D eigenvalue weighted by atomic mass is 16.5. The number of cyclic esters (lactones) is 1. The highest BCUT2D eigenvalue weighted by Gasteiger charge is 2.35. The van der Waals surface area contributed by atoms with Crippen molar-refractivity contribution in [3.8, 4) is 0 Å². The molecule has 0 aromatic heterocycles. The number of fused-ring (bicyclic) bond motifs is 1. The Kier molecular flexibility index (Phi) is 1.87. The Labute approximate surface area is 71.8 Å². The van der Waals surface area contributed by atoms with Crippen LogP contribution in [-0.4, -0.2) is 17.9 Å². The van der Waals surface area contributed by atoms with Gasteiger partial charge in [0.15, 0.2) is 5.90 Å². The second kappa shape index (κ2) is 2.88. The maximum atomic E-state index is 11.3. The minimum absolute atomic E-state index is 0.0578. The van der Waals surface area contributed by atoms with Crippen molar-refractivity contribution in [3.63, 3.8) is 0 Å². The molecule has 2 aliphatic rings. The Bertz CT molecular complexity index is 235. The third-order valence-electron chi connectivity index (χ3n) is 2.63. The molecular weight excluding hydrogens is 154 g/mol. The van der Waals surface area contributed by atoms with Crippen molar-refractivity contribution in [2.75, 3.05) is 0 Å². The van der Waals surface area contributed by atoms with Crippen molar-refractivity contribution < 1.29 is 9.53 Å². The zero-order chi connectivity index (χ0) is 8.55. The van der Waals surface area contributed by atoms with Gasteiger partial charge in [0.2, 0.25) is 0 Å². The second-order valence-corrected chi connectivity index (χ2v) is 3.53. The Morgan fingerprint density at radius 3 is 3.00 bits per heavy atom. The Morgan fingerprint density at radius 1 is 1.42 bits per heavy atom. The van der Waals surface area contributed by atoms with E-state index in [1.54, 1.807) is 6.92 Å². The van der Waals surface area contributed by atoms with Crippen LogP contribution in [0.3, 0.4) is 0 Å². The van der Waals surface area contributed by atoms with Gasteiger partial charge in [0.05, 0.1) is 12.0 Å². The summed E-state index contributed by atoms with van der Waals surface area (Å²) in [7, 11) is 0. The smallest absolute Gasteiger partial charge is 0.317 e. The standard InChI is InChI=1S/C9H13NO2/c1-6-10-8-5-3-2-4-7(8)9(11)12-6/h7-8H,2-5H2,1H3. The van der Waals surface area contributed by atoms with E-state index in [1.807, 2.05) is 0 Å². The van der Waals surface area contributed by atoms with Crippen molar-refractivity contribution in [2.24, 2.45) is 10.9 Å². The maximum Gasteiger partial charge on any atom is 0.317 e. The number of nitrogens with zero attached hydrogens (tertiary/aromatic N) is 1. The zero-order valence-electron chi connectivity index (χ0n) is 7.25. The molecule has 0 bridgehead atoms. The molecular formula is C9H13NO2. The van der Waals surface area contributed by atoms with Crippen LogP contribution in [0.25, 0.3) is 0 Å². The van der Waals surface area contributed by atoms with E-state index in [0.29, 0.717) is 5.90 Å². The second-order valence-electron chi connectivity index (χ2n) is 3.53. The summed E-state index contributed by atoms with van der Waals surface area (Å²) in [6, 6.07) is 0.222. The molecule has 0 amide bonds. The molecule has 1 saturated carbocycles. The van der Waals surface area contributed by atoms with Crippen molar-refractivity contribution in [3.05, 3.63) is 0 Å². The molecule has 1 aliphatic heterocycles. The minimum Gasteiger partial charge on any atom is -0.412 e. The lowest BCUT2D eigenvalue weighted by molar-refractivity contribution is -0.143. The molecule has 0 aromatic rings. The maximum absolute atomic E-state index is 11.3. The summed E-state index contributed by atoms with van der Waals surface area (Å²) < 4.78 is 4.97. The Morgan fingerprint density at radius 2 is 2.17 bits per heavy atom. The number of aliphatic imine (C=N–C) groups is 1. The summed E-state index contributed by atoms with van der Waals surface area (Å²) in [5.74, 6) is 0.540. The van der Waals surface area contributed by atoms with Gasteiger partial charge in [0.25, 0.3) is 0 Å². The molecule has 0 saturated heterocycles. The van der Waals surface area contributed by atoms with E-state index in [9.17, 15) is 4.79 Å². The molecule has 0 aromatic carbocycles. The van der Waals surface area contributed by atoms with Gasteiger partial charge in [-0.1, -0.05) is 12.8 Å². The van der Waals surface area contributed by atoms with Crippen LogP contribution < -0.4 is 0 Å². The molecule has 0 spiro atoms. The zero-order valence-corrected chi connectivity index (χ0v) is 7.25. The summed E-state index contributed by atoms with van der Waals surface area (Å²) >= 11 is 0. The van der Waals surface area contributed by atoms with Gasteiger partial charge in [-0.15, -0.1) is 0 Å².